The van der Waals surface area contributed by atoms with E-state index in [-0.39, 0.29) is 10.9 Å². The van der Waals surface area contributed by atoms with Gasteiger partial charge in [0.1, 0.15) is 0 Å². The molecule has 0 atom stereocenters. The molecule has 1 aromatic carbocycles. The van der Waals surface area contributed by atoms with Crippen LogP contribution in [0.25, 0.3) is 0 Å². The average Bonchev–Trinajstić information content (AvgIpc) is 2.80. The summed E-state index contributed by atoms with van der Waals surface area (Å²) < 4.78 is 22.6. The topological polar surface area (TPSA) is 92.5 Å². The lowest BCUT2D eigenvalue weighted by Crippen LogP contribution is -2.39. The van der Waals surface area contributed by atoms with Crippen LogP contribution in [0.2, 0.25) is 0 Å². The third kappa shape index (κ3) is 3.10. The highest BCUT2D eigenvalue weighted by Gasteiger charge is 2.25. The molecule has 3 N–H and O–H groups in total. The first kappa shape index (κ1) is 14.8. The molecule has 0 aromatic heterocycles. The van der Waals surface area contributed by atoms with Crippen molar-refractivity contribution in [2.45, 2.75) is 31.1 Å². The normalized spacial score (nSPS) is 14.2. The molecule has 0 saturated carbocycles. The van der Waals surface area contributed by atoms with Gasteiger partial charge in [0, 0.05) is 18.8 Å². The lowest BCUT2D eigenvalue weighted by Gasteiger charge is -2.18. The predicted octanol–water partition coefficient (Wildman–Crippen LogP) is 1.21. The van der Waals surface area contributed by atoms with Crippen LogP contribution in [0.1, 0.15) is 25.3 Å². The number of unbranched alkanes of at least 4 members (excludes halogenated alkanes) is 1. The van der Waals surface area contributed by atoms with E-state index in [1.54, 1.807) is 17.0 Å². The van der Waals surface area contributed by atoms with Crippen molar-refractivity contribution in [2.24, 2.45) is 5.14 Å². The number of benzene rings is 1. The van der Waals surface area contributed by atoms with Gasteiger partial charge >= 0.3 is 6.03 Å². The van der Waals surface area contributed by atoms with E-state index >= 15 is 0 Å². The minimum absolute atomic E-state index is 0.0875. The van der Waals surface area contributed by atoms with Crippen molar-refractivity contribution < 1.29 is 13.2 Å². The predicted molar refractivity (Wildman–Crippen MR) is 77.2 cm³/mol. The van der Waals surface area contributed by atoms with Crippen LogP contribution in [0.5, 0.6) is 0 Å². The average molecular weight is 297 g/mol. The first-order valence-electron chi connectivity index (χ1n) is 6.64. The maximum atomic E-state index is 12.0. The number of nitrogens with one attached hydrogen (secondary N) is 1. The zero-order valence-electron chi connectivity index (χ0n) is 11.4. The number of urea groups is 1. The second-order valence-corrected chi connectivity index (χ2v) is 6.38. The molecule has 0 unspecified atom stereocenters. The lowest BCUT2D eigenvalue weighted by atomic mass is 10.2. The Balaban J connectivity index is 2.15. The van der Waals surface area contributed by atoms with Gasteiger partial charge in [-0.3, -0.25) is 4.90 Å². The van der Waals surface area contributed by atoms with Crippen LogP contribution >= 0.6 is 0 Å². The molecule has 2 rings (SSSR count). The van der Waals surface area contributed by atoms with E-state index in [4.69, 9.17) is 5.14 Å². The first-order valence-corrected chi connectivity index (χ1v) is 8.19. The number of primary sulfonamides is 1. The van der Waals surface area contributed by atoms with Crippen molar-refractivity contribution in [3.05, 3.63) is 23.8 Å². The van der Waals surface area contributed by atoms with Gasteiger partial charge in [-0.15, -0.1) is 0 Å². The summed E-state index contributed by atoms with van der Waals surface area (Å²) in [5.74, 6) is 0. The standard InChI is InChI=1S/C13H19N3O3S/c1-2-3-7-15-13(17)16-8-6-10-9-11(20(14,18)19)4-5-12(10)16/h4-5,9H,2-3,6-8H2,1H3,(H,15,17)(H2,14,18,19). The molecule has 0 fully saturated rings. The number of sulfonamides is 1. The Morgan fingerprint density at radius 1 is 1.45 bits per heavy atom. The minimum Gasteiger partial charge on any atom is -0.338 e. The number of amides is 2. The third-order valence-corrected chi connectivity index (χ3v) is 4.24. The van der Waals surface area contributed by atoms with Gasteiger partial charge in [0.25, 0.3) is 0 Å². The van der Waals surface area contributed by atoms with Gasteiger partial charge in [-0.2, -0.15) is 0 Å². The summed E-state index contributed by atoms with van der Waals surface area (Å²) in [5.41, 5.74) is 1.59. The highest BCUT2D eigenvalue weighted by Crippen LogP contribution is 2.29. The van der Waals surface area contributed by atoms with E-state index in [1.807, 2.05) is 0 Å². The van der Waals surface area contributed by atoms with Gasteiger partial charge in [-0.05, 0) is 36.6 Å². The van der Waals surface area contributed by atoms with Crippen molar-refractivity contribution in [1.29, 1.82) is 0 Å². The highest BCUT2D eigenvalue weighted by atomic mass is 32.2. The van der Waals surface area contributed by atoms with Gasteiger partial charge in [-0.25, -0.2) is 18.4 Å². The molecular formula is C13H19N3O3S. The fraction of sp³-hybridized carbons (Fsp3) is 0.462. The Morgan fingerprint density at radius 3 is 2.85 bits per heavy atom. The molecule has 2 amide bonds. The maximum absolute atomic E-state index is 12.0. The van der Waals surface area contributed by atoms with Crippen molar-refractivity contribution in [3.8, 4) is 0 Å². The summed E-state index contributed by atoms with van der Waals surface area (Å²) in [7, 11) is -3.70. The summed E-state index contributed by atoms with van der Waals surface area (Å²) in [6.45, 7) is 3.27. The largest absolute Gasteiger partial charge is 0.338 e. The smallest absolute Gasteiger partial charge is 0.321 e. The van der Waals surface area contributed by atoms with Crippen LogP contribution in [-0.2, 0) is 16.4 Å². The van der Waals surface area contributed by atoms with E-state index in [9.17, 15) is 13.2 Å². The fourth-order valence-electron chi connectivity index (χ4n) is 2.23. The number of carbonyl (C=O) groups is 1. The number of nitrogens with zero attached hydrogens (tertiary/aromatic N) is 1. The second-order valence-electron chi connectivity index (χ2n) is 4.82. The first-order chi connectivity index (χ1) is 9.43. The summed E-state index contributed by atoms with van der Waals surface area (Å²) in [5, 5.41) is 7.96. The highest BCUT2D eigenvalue weighted by molar-refractivity contribution is 7.89. The number of carbonyl (C=O) groups excluding carboxylic acids is 1. The Bertz CT molecular complexity index is 613. The zero-order valence-corrected chi connectivity index (χ0v) is 12.2. The van der Waals surface area contributed by atoms with E-state index in [2.05, 4.69) is 12.2 Å². The zero-order chi connectivity index (χ0) is 14.8. The quantitative estimate of drug-likeness (QED) is 0.818. The molecule has 0 spiro atoms. The fourth-order valence-corrected chi connectivity index (χ4v) is 2.80. The molecular weight excluding hydrogens is 278 g/mol. The van der Waals surface area contributed by atoms with Gasteiger partial charge in [0.05, 0.1) is 4.90 Å². The molecule has 1 aromatic rings. The molecule has 0 aliphatic carbocycles. The molecule has 1 heterocycles. The number of fused-ring (bicyclic) bond motifs is 1. The van der Waals surface area contributed by atoms with Crippen LogP contribution in [0.15, 0.2) is 23.1 Å². The monoisotopic (exact) mass is 297 g/mol. The van der Waals surface area contributed by atoms with E-state index < -0.39 is 10.0 Å². The molecule has 1 aliphatic heterocycles. The second kappa shape index (κ2) is 5.80. The van der Waals surface area contributed by atoms with Crippen LogP contribution in [0, 0.1) is 0 Å². The van der Waals surface area contributed by atoms with E-state index in [1.165, 1.54) is 6.07 Å². The Labute approximate surface area is 119 Å². The van der Waals surface area contributed by atoms with Crippen molar-refractivity contribution in [1.82, 2.24) is 5.32 Å². The lowest BCUT2D eigenvalue weighted by molar-refractivity contribution is 0.246. The van der Waals surface area contributed by atoms with E-state index in [0.29, 0.717) is 19.5 Å². The molecule has 0 radical (unpaired) electrons. The summed E-state index contributed by atoms with van der Waals surface area (Å²) >= 11 is 0. The van der Waals surface area contributed by atoms with E-state index in [0.717, 1.165) is 24.1 Å². The molecule has 6 nitrogen and oxygen atoms in total. The van der Waals surface area contributed by atoms with Crippen molar-refractivity contribution in [3.63, 3.8) is 0 Å². The SMILES string of the molecule is CCCCNC(=O)N1CCc2cc(S(N)(=O)=O)ccc21. The number of anilines is 1. The van der Waals surface area contributed by atoms with Gasteiger partial charge in [0.2, 0.25) is 10.0 Å². The van der Waals surface area contributed by atoms with Gasteiger partial charge < -0.3 is 5.32 Å². The summed E-state index contributed by atoms with van der Waals surface area (Å²) in [6.07, 6.45) is 2.60. The van der Waals surface area contributed by atoms with Crippen molar-refractivity contribution >= 4 is 21.7 Å². The maximum Gasteiger partial charge on any atom is 0.321 e. The Hall–Kier alpha value is -1.60. The van der Waals surface area contributed by atoms with Crippen LogP contribution in [0.3, 0.4) is 0 Å². The molecule has 20 heavy (non-hydrogen) atoms. The Kier molecular flexibility index (Phi) is 4.29. The summed E-state index contributed by atoms with van der Waals surface area (Å²) in [6, 6.07) is 4.48. The van der Waals surface area contributed by atoms with Crippen LogP contribution in [-0.4, -0.2) is 27.5 Å². The van der Waals surface area contributed by atoms with Crippen LogP contribution in [0.4, 0.5) is 10.5 Å². The van der Waals surface area contributed by atoms with Gasteiger partial charge in [0.15, 0.2) is 0 Å². The summed E-state index contributed by atoms with van der Waals surface area (Å²) in [4.78, 5) is 13.8. The Morgan fingerprint density at radius 2 is 2.20 bits per heavy atom. The minimum atomic E-state index is -3.70. The van der Waals surface area contributed by atoms with Crippen molar-refractivity contribution in [2.75, 3.05) is 18.0 Å². The number of hydrogen-bond donors (Lipinski definition) is 2. The third-order valence-electron chi connectivity index (χ3n) is 3.33. The molecule has 0 bridgehead atoms. The number of rotatable bonds is 4. The molecule has 1 aliphatic rings. The van der Waals surface area contributed by atoms with Gasteiger partial charge in [-0.1, -0.05) is 13.3 Å². The molecule has 0 saturated heterocycles. The van der Waals surface area contributed by atoms with Crippen LogP contribution < -0.4 is 15.4 Å². The number of nitrogens with two attached hydrogens (primary N) is 1. The molecule has 110 valence electrons. The number of hydrogen-bond acceptors (Lipinski definition) is 3. The molecule has 7 heteroatoms.